The summed E-state index contributed by atoms with van der Waals surface area (Å²) in [5.74, 6) is -4.11. The van der Waals surface area contributed by atoms with E-state index < -0.39 is 54.3 Å². The quantitative estimate of drug-likeness (QED) is 0.163. The Hall–Kier alpha value is -3.48. The number of nitrogens with zero attached hydrogens (tertiary/aromatic N) is 1. The van der Waals surface area contributed by atoms with Crippen molar-refractivity contribution in [3.8, 4) is 0 Å². The average Bonchev–Trinajstić information content (AvgIpc) is 3.26. The SMILES string of the molecule is CCC(C)C(N)C(=O)NCC(=O)NC(CCC(N)=O)C(=O)NC(Cc1cnc[nH]1)C(=O)O. The van der Waals surface area contributed by atoms with Gasteiger partial charge in [0.2, 0.25) is 23.6 Å². The topological polar surface area (TPSA) is 222 Å². The monoisotopic (exact) mass is 453 g/mol. The molecule has 0 saturated carbocycles. The summed E-state index contributed by atoms with van der Waals surface area (Å²) in [6.07, 6.45) is 3.03. The molecule has 0 radical (unpaired) electrons. The van der Waals surface area contributed by atoms with Crippen molar-refractivity contribution in [1.82, 2.24) is 25.9 Å². The Labute approximate surface area is 185 Å². The number of rotatable bonds is 14. The van der Waals surface area contributed by atoms with Crippen LogP contribution in [0.1, 0.15) is 38.8 Å². The second-order valence-electron chi connectivity index (χ2n) is 7.43. The van der Waals surface area contributed by atoms with Crippen molar-refractivity contribution < 1.29 is 29.1 Å². The molecule has 178 valence electrons. The minimum atomic E-state index is -1.30. The fraction of sp³-hybridized carbons (Fsp3) is 0.579. The van der Waals surface area contributed by atoms with Crippen molar-refractivity contribution in [1.29, 1.82) is 0 Å². The van der Waals surface area contributed by atoms with Crippen molar-refractivity contribution in [3.63, 3.8) is 0 Å². The molecule has 1 aromatic rings. The molecule has 1 heterocycles. The Morgan fingerprint density at radius 1 is 1.16 bits per heavy atom. The standard InChI is InChI=1S/C19H31N7O6/c1-3-10(2)16(21)18(30)23-8-15(28)25-12(4-5-14(20)27)17(29)26-13(19(31)32)6-11-7-22-9-24-11/h7,9-10,12-13,16H,3-6,8,21H2,1-2H3,(H2,20,27)(H,22,24)(H,23,30)(H,25,28)(H,26,29)(H,31,32). The number of nitrogens with one attached hydrogen (secondary N) is 4. The Morgan fingerprint density at radius 2 is 1.84 bits per heavy atom. The molecule has 0 saturated heterocycles. The van der Waals surface area contributed by atoms with Crippen LogP contribution in [0.4, 0.5) is 0 Å². The predicted octanol–water partition coefficient (Wildman–Crippen LogP) is -2.24. The lowest BCUT2D eigenvalue weighted by molar-refractivity contribution is -0.142. The molecule has 0 fully saturated rings. The number of amides is 4. The molecule has 4 atom stereocenters. The van der Waals surface area contributed by atoms with Crippen molar-refractivity contribution in [2.45, 2.75) is 57.7 Å². The minimum absolute atomic E-state index is 0.0683. The van der Waals surface area contributed by atoms with Gasteiger partial charge in [-0.05, 0) is 12.3 Å². The highest BCUT2D eigenvalue weighted by Crippen LogP contribution is 2.05. The Balaban J connectivity index is 2.75. The van der Waals surface area contributed by atoms with Gasteiger partial charge >= 0.3 is 5.97 Å². The van der Waals surface area contributed by atoms with Crippen LogP contribution in [-0.4, -0.2) is 69.3 Å². The van der Waals surface area contributed by atoms with Gasteiger partial charge in [0.05, 0.1) is 18.9 Å². The molecule has 13 nitrogen and oxygen atoms in total. The Morgan fingerprint density at radius 3 is 2.38 bits per heavy atom. The van der Waals surface area contributed by atoms with Gasteiger partial charge in [0.25, 0.3) is 0 Å². The number of hydrogen-bond acceptors (Lipinski definition) is 7. The summed E-state index contributed by atoms with van der Waals surface area (Å²) in [4.78, 5) is 66.1. The summed E-state index contributed by atoms with van der Waals surface area (Å²) in [7, 11) is 0. The summed E-state index contributed by atoms with van der Waals surface area (Å²) >= 11 is 0. The number of aliphatic carboxylic acids is 1. The third-order valence-corrected chi connectivity index (χ3v) is 4.91. The van der Waals surface area contributed by atoms with Crippen LogP contribution in [0.3, 0.4) is 0 Å². The maximum Gasteiger partial charge on any atom is 0.326 e. The second-order valence-corrected chi connectivity index (χ2v) is 7.43. The van der Waals surface area contributed by atoms with E-state index >= 15 is 0 Å². The molecule has 13 heteroatoms. The molecule has 32 heavy (non-hydrogen) atoms. The number of imidazole rings is 1. The lowest BCUT2D eigenvalue weighted by Gasteiger charge is -2.22. The van der Waals surface area contributed by atoms with Crippen LogP contribution in [0.25, 0.3) is 0 Å². The first-order valence-electron chi connectivity index (χ1n) is 10.2. The molecule has 0 bridgehead atoms. The smallest absolute Gasteiger partial charge is 0.326 e. The highest BCUT2D eigenvalue weighted by Gasteiger charge is 2.28. The molecule has 0 spiro atoms. The largest absolute Gasteiger partial charge is 0.480 e. The van der Waals surface area contributed by atoms with Gasteiger partial charge in [0.15, 0.2) is 0 Å². The maximum absolute atomic E-state index is 12.6. The zero-order valence-electron chi connectivity index (χ0n) is 18.1. The minimum Gasteiger partial charge on any atom is -0.480 e. The molecule has 4 unspecified atom stereocenters. The maximum atomic E-state index is 12.6. The molecule has 0 aromatic carbocycles. The first-order valence-corrected chi connectivity index (χ1v) is 10.2. The summed E-state index contributed by atoms with van der Waals surface area (Å²) < 4.78 is 0. The Kier molecular flexibility index (Phi) is 10.8. The van der Waals surface area contributed by atoms with Crippen LogP contribution in [-0.2, 0) is 30.4 Å². The lowest BCUT2D eigenvalue weighted by atomic mass is 9.99. The summed E-state index contributed by atoms with van der Waals surface area (Å²) in [5.41, 5.74) is 11.4. The number of nitrogens with two attached hydrogens (primary N) is 2. The molecule has 4 amide bonds. The van der Waals surface area contributed by atoms with Gasteiger partial charge in [-0.3, -0.25) is 19.2 Å². The molecule has 1 rings (SSSR count). The number of H-pyrrole nitrogens is 1. The van der Waals surface area contributed by atoms with Gasteiger partial charge < -0.3 is 37.5 Å². The number of carboxylic acid groups (broad SMARTS) is 1. The molecular formula is C19H31N7O6. The van der Waals surface area contributed by atoms with E-state index in [1.165, 1.54) is 12.5 Å². The van der Waals surface area contributed by atoms with E-state index in [9.17, 15) is 29.1 Å². The van der Waals surface area contributed by atoms with Gasteiger partial charge in [0, 0.05) is 24.7 Å². The average molecular weight is 454 g/mol. The first kappa shape index (κ1) is 26.6. The van der Waals surface area contributed by atoms with Gasteiger partial charge in [-0.1, -0.05) is 20.3 Å². The number of primary amides is 1. The van der Waals surface area contributed by atoms with Gasteiger partial charge in [-0.2, -0.15) is 0 Å². The number of hydrogen-bond donors (Lipinski definition) is 7. The third kappa shape index (κ3) is 9.12. The number of carbonyl (C=O) groups excluding carboxylic acids is 4. The number of aromatic nitrogens is 2. The Bertz CT molecular complexity index is 798. The van der Waals surface area contributed by atoms with Gasteiger partial charge in [-0.25, -0.2) is 9.78 Å². The second kappa shape index (κ2) is 13.0. The van der Waals surface area contributed by atoms with Crippen LogP contribution in [0, 0.1) is 5.92 Å². The fourth-order valence-electron chi connectivity index (χ4n) is 2.69. The molecule has 0 aliphatic heterocycles. The molecular weight excluding hydrogens is 422 g/mol. The van der Waals surface area contributed by atoms with Crippen molar-refractivity contribution in [2.24, 2.45) is 17.4 Å². The lowest BCUT2D eigenvalue weighted by Crippen LogP contribution is -2.54. The molecule has 1 aromatic heterocycles. The zero-order valence-corrected chi connectivity index (χ0v) is 18.1. The van der Waals surface area contributed by atoms with Gasteiger partial charge in [-0.15, -0.1) is 0 Å². The molecule has 9 N–H and O–H groups in total. The summed E-state index contributed by atoms with van der Waals surface area (Å²) in [6.45, 7) is 3.24. The first-order chi connectivity index (χ1) is 15.0. The zero-order chi connectivity index (χ0) is 24.3. The number of carboxylic acids is 1. The molecule has 0 aliphatic rings. The predicted molar refractivity (Wildman–Crippen MR) is 113 cm³/mol. The van der Waals surface area contributed by atoms with E-state index in [1.54, 1.807) is 6.92 Å². The van der Waals surface area contributed by atoms with Gasteiger partial charge in [0.1, 0.15) is 12.1 Å². The fourth-order valence-corrected chi connectivity index (χ4v) is 2.69. The van der Waals surface area contributed by atoms with E-state index in [0.29, 0.717) is 12.1 Å². The van der Waals surface area contributed by atoms with Crippen LogP contribution in [0.15, 0.2) is 12.5 Å². The molecule has 0 aliphatic carbocycles. The van der Waals surface area contributed by atoms with Crippen LogP contribution in [0.5, 0.6) is 0 Å². The van der Waals surface area contributed by atoms with Crippen molar-refractivity contribution in [3.05, 3.63) is 18.2 Å². The van der Waals surface area contributed by atoms with E-state index in [0.717, 1.165) is 0 Å². The van der Waals surface area contributed by atoms with Crippen molar-refractivity contribution >= 4 is 29.6 Å². The van der Waals surface area contributed by atoms with Crippen LogP contribution in [0.2, 0.25) is 0 Å². The van der Waals surface area contributed by atoms with Crippen LogP contribution < -0.4 is 27.4 Å². The van der Waals surface area contributed by atoms with E-state index in [1.807, 2.05) is 6.92 Å². The van der Waals surface area contributed by atoms with E-state index in [2.05, 4.69) is 25.9 Å². The highest BCUT2D eigenvalue weighted by molar-refractivity contribution is 5.92. The van der Waals surface area contributed by atoms with Crippen LogP contribution >= 0.6 is 0 Å². The van der Waals surface area contributed by atoms with Crippen molar-refractivity contribution in [2.75, 3.05) is 6.54 Å². The third-order valence-electron chi connectivity index (χ3n) is 4.91. The number of aromatic amines is 1. The van der Waals surface area contributed by atoms with E-state index in [4.69, 9.17) is 11.5 Å². The summed E-state index contributed by atoms with van der Waals surface area (Å²) in [6, 6.07) is -3.33. The normalized spacial score (nSPS) is 14.5. The summed E-state index contributed by atoms with van der Waals surface area (Å²) in [5, 5.41) is 16.5. The number of carbonyl (C=O) groups is 5. The van der Waals surface area contributed by atoms with E-state index in [-0.39, 0.29) is 25.2 Å². The highest BCUT2D eigenvalue weighted by atomic mass is 16.4.